The SMILES string of the molecule is CCC(=N)/C(=C\NC)CCCC(C)=O. The quantitative estimate of drug-likeness (QED) is 0.614. The lowest BCUT2D eigenvalue weighted by molar-refractivity contribution is -0.117. The van der Waals surface area contributed by atoms with Crippen LogP contribution in [0.15, 0.2) is 11.8 Å². The summed E-state index contributed by atoms with van der Waals surface area (Å²) in [6.45, 7) is 3.57. The van der Waals surface area contributed by atoms with E-state index in [1.807, 2.05) is 20.2 Å². The highest BCUT2D eigenvalue weighted by atomic mass is 16.1. The summed E-state index contributed by atoms with van der Waals surface area (Å²) in [7, 11) is 1.83. The molecular weight excluding hydrogens is 176 g/mol. The zero-order valence-electron chi connectivity index (χ0n) is 9.31. The van der Waals surface area contributed by atoms with Gasteiger partial charge in [0.1, 0.15) is 5.78 Å². The zero-order valence-corrected chi connectivity index (χ0v) is 9.31. The third-order valence-electron chi connectivity index (χ3n) is 2.03. The van der Waals surface area contributed by atoms with Gasteiger partial charge in [-0.15, -0.1) is 0 Å². The number of rotatable bonds is 7. The van der Waals surface area contributed by atoms with Gasteiger partial charge in [0.2, 0.25) is 0 Å². The Morgan fingerprint density at radius 2 is 2.07 bits per heavy atom. The average molecular weight is 196 g/mol. The molecular formula is C11H20N2O. The van der Waals surface area contributed by atoms with Crippen LogP contribution in [0.25, 0.3) is 0 Å². The molecule has 0 radical (unpaired) electrons. The summed E-state index contributed by atoms with van der Waals surface area (Å²) in [6.07, 6.45) is 4.86. The van der Waals surface area contributed by atoms with Crippen molar-refractivity contribution < 1.29 is 4.79 Å². The van der Waals surface area contributed by atoms with E-state index in [1.165, 1.54) is 0 Å². The molecule has 0 aliphatic carbocycles. The molecule has 0 aromatic rings. The Bertz CT molecular complexity index is 231. The lowest BCUT2D eigenvalue weighted by Crippen LogP contribution is -2.06. The fraction of sp³-hybridized carbons (Fsp3) is 0.636. The molecule has 0 aromatic carbocycles. The fourth-order valence-corrected chi connectivity index (χ4v) is 1.24. The van der Waals surface area contributed by atoms with E-state index in [-0.39, 0.29) is 5.78 Å². The van der Waals surface area contributed by atoms with Crippen LogP contribution in [-0.2, 0) is 4.79 Å². The molecule has 0 unspecified atom stereocenters. The minimum Gasteiger partial charge on any atom is -0.394 e. The van der Waals surface area contributed by atoms with Crippen molar-refractivity contribution >= 4 is 11.5 Å². The second-order valence-electron chi connectivity index (χ2n) is 3.35. The van der Waals surface area contributed by atoms with Crippen LogP contribution in [0.2, 0.25) is 0 Å². The number of Topliss-reactive ketones (excluding diaryl/α,β-unsaturated/α-hetero) is 1. The molecule has 0 rings (SSSR count). The maximum atomic E-state index is 10.7. The Kier molecular flexibility index (Phi) is 6.72. The molecule has 2 N–H and O–H groups in total. The van der Waals surface area contributed by atoms with Crippen molar-refractivity contribution in [1.29, 1.82) is 5.41 Å². The fourth-order valence-electron chi connectivity index (χ4n) is 1.24. The van der Waals surface area contributed by atoms with Gasteiger partial charge < -0.3 is 15.5 Å². The summed E-state index contributed by atoms with van der Waals surface area (Å²) in [4.78, 5) is 10.7. The summed E-state index contributed by atoms with van der Waals surface area (Å²) >= 11 is 0. The van der Waals surface area contributed by atoms with Crippen LogP contribution in [0.4, 0.5) is 0 Å². The van der Waals surface area contributed by atoms with Crippen molar-refractivity contribution in [1.82, 2.24) is 5.32 Å². The average Bonchev–Trinajstić information content (AvgIpc) is 2.15. The van der Waals surface area contributed by atoms with Gasteiger partial charge in [-0.1, -0.05) is 6.92 Å². The number of carbonyl (C=O) groups excluding carboxylic acids is 1. The van der Waals surface area contributed by atoms with E-state index < -0.39 is 0 Å². The van der Waals surface area contributed by atoms with Crippen LogP contribution in [0.1, 0.15) is 39.5 Å². The smallest absolute Gasteiger partial charge is 0.129 e. The van der Waals surface area contributed by atoms with Crippen LogP contribution < -0.4 is 5.32 Å². The summed E-state index contributed by atoms with van der Waals surface area (Å²) < 4.78 is 0. The van der Waals surface area contributed by atoms with Crippen molar-refractivity contribution in [2.24, 2.45) is 0 Å². The predicted octanol–water partition coefficient (Wildman–Crippen LogP) is 2.28. The minimum atomic E-state index is 0.219. The molecule has 3 nitrogen and oxygen atoms in total. The highest BCUT2D eigenvalue weighted by Gasteiger charge is 2.03. The molecule has 0 amide bonds. The van der Waals surface area contributed by atoms with Crippen molar-refractivity contribution in [2.75, 3.05) is 7.05 Å². The van der Waals surface area contributed by atoms with Crippen LogP contribution in [-0.4, -0.2) is 18.5 Å². The summed E-state index contributed by atoms with van der Waals surface area (Å²) in [6, 6.07) is 0. The van der Waals surface area contributed by atoms with E-state index in [0.717, 1.165) is 24.8 Å². The van der Waals surface area contributed by atoms with Crippen molar-refractivity contribution in [3.8, 4) is 0 Å². The maximum absolute atomic E-state index is 10.7. The first-order valence-corrected chi connectivity index (χ1v) is 5.05. The molecule has 14 heavy (non-hydrogen) atoms. The number of carbonyl (C=O) groups is 1. The van der Waals surface area contributed by atoms with Gasteiger partial charge in [-0.2, -0.15) is 0 Å². The Hall–Kier alpha value is -1.12. The van der Waals surface area contributed by atoms with Gasteiger partial charge >= 0.3 is 0 Å². The molecule has 0 atom stereocenters. The Balaban J connectivity index is 4.05. The van der Waals surface area contributed by atoms with Crippen molar-refractivity contribution in [2.45, 2.75) is 39.5 Å². The highest BCUT2D eigenvalue weighted by molar-refractivity contribution is 5.97. The largest absolute Gasteiger partial charge is 0.394 e. The highest BCUT2D eigenvalue weighted by Crippen LogP contribution is 2.10. The van der Waals surface area contributed by atoms with Gasteiger partial charge in [0.25, 0.3) is 0 Å². The molecule has 0 bridgehead atoms. The minimum absolute atomic E-state index is 0.219. The van der Waals surface area contributed by atoms with Crippen LogP contribution in [0.5, 0.6) is 0 Å². The maximum Gasteiger partial charge on any atom is 0.129 e. The van der Waals surface area contributed by atoms with Crippen LogP contribution in [0, 0.1) is 5.41 Å². The number of allylic oxidation sites excluding steroid dienone is 1. The van der Waals surface area contributed by atoms with Gasteiger partial charge in [-0.05, 0) is 31.8 Å². The van der Waals surface area contributed by atoms with E-state index in [4.69, 9.17) is 5.41 Å². The van der Waals surface area contributed by atoms with Gasteiger partial charge in [0.05, 0.1) is 0 Å². The molecule has 3 heteroatoms. The monoisotopic (exact) mass is 196 g/mol. The Morgan fingerprint density at radius 1 is 1.43 bits per heavy atom. The number of ketones is 1. The topological polar surface area (TPSA) is 53.0 Å². The molecule has 0 saturated carbocycles. The standard InChI is InChI=1S/C11H20N2O/c1-4-11(12)10(8-13-3)7-5-6-9(2)14/h8,12-13H,4-7H2,1-3H3/b10-8-,12-11?. The second-order valence-corrected chi connectivity index (χ2v) is 3.35. The lowest BCUT2D eigenvalue weighted by Gasteiger charge is -2.06. The molecule has 0 fully saturated rings. The third kappa shape index (κ3) is 5.51. The summed E-state index contributed by atoms with van der Waals surface area (Å²) in [5.74, 6) is 0.219. The molecule has 0 heterocycles. The number of hydrogen-bond donors (Lipinski definition) is 2. The van der Waals surface area contributed by atoms with E-state index in [0.29, 0.717) is 12.1 Å². The molecule has 0 aliphatic rings. The third-order valence-corrected chi connectivity index (χ3v) is 2.03. The van der Waals surface area contributed by atoms with E-state index in [2.05, 4.69) is 5.32 Å². The van der Waals surface area contributed by atoms with E-state index in [1.54, 1.807) is 6.92 Å². The molecule has 0 spiro atoms. The summed E-state index contributed by atoms with van der Waals surface area (Å²) in [5, 5.41) is 10.6. The van der Waals surface area contributed by atoms with E-state index >= 15 is 0 Å². The predicted molar refractivity (Wildman–Crippen MR) is 59.7 cm³/mol. The first kappa shape index (κ1) is 12.9. The first-order valence-electron chi connectivity index (χ1n) is 5.05. The second kappa shape index (κ2) is 7.30. The normalized spacial score (nSPS) is 11.2. The van der Waals surface area contributed by atoms with E-state index in [9.17, 15) is 4.79 Å². The number of hydrogen-bond acceptors (Lipinski definition) is 3. The molecule has 0 aliphatic heterocycles. The Labute approximate surface area is 86.1 Å². The Morgan fingerprint density at radius 3 is 2.50 bits per heavy atom. The zero-order chi connectivity index (χ0) is 11.0. The lowest BCUT2D eigenvalue weighted by atomic mass is 10.0. The van der Waals surface area contributed by atoms with Crippen molar-refractivity contribution in [3.05, 3.63) is 11.8 Å². The van der Waals surface area contributed by atoms with Crippen LogP contribution >= 0.6 is 0 Å². The van der Waals surface area contributed by atoms with Gasteiger partial charge in [-0.25, -0.2) is 0 Å². The van der Waals surface area contributed by atoms with Gasteiger partial charge in [-0.3, -0.25) is 0 Å². The molecule has 0 saturated heterocycles. The van der Waals surface area contributed by atoms with Gasteiger partial charge in [0.15, 0.2) is 0 Å². The van der Waals surface area contributed by atoms with Crippen LogP contribution in [0.3, 0.4) is 0 Å². The molecule has 80 valence electrons. The van der Waals surface area contributed by atoms with Crippen molar-refractivity contribution in [3.63, 3.8) is 0 Å². The number of nitrogens with one attached hydrogen (secondary N) is 2. The van der Waals surface area contributed by atoms with Gasteiger partial charge in [0, 0.05) is 25.4 Å². The molecule has 0 aromatic heterocycles. The first-order chi connectivity index (χ1) is 6.61. The summed E-state index contributed by atoms with van der Waals surface area (Å²) in [5.41, 5.74) is 1.67.